The fourth-order valence-electron chi connectivity index (χ4n) is 3.10. The van der Waals surface area contributed by atoms with Gasteiger partial charge in [0.15, 0.2) is 0 Å². The predicted molar refractivity (Wildman–Crippen MR) is 75.9 cm³/mol. The third kappa shape index (κ3) is 1.28. The lowest BCUT2D eigenvalue weighted by Crippen LogP contribution is -2.02. The van der Waals surface area contributed by atoms with E-state index in [1.807, 2.05) is 0 Å². The van der Waals surface area contributed by atoms with Gasteiger partial charge in [0.25, 0.3) is 0 Å². The highest BCUT2D eigenvalue weighted by Crippen LogP contribution is 2.37. The molecule has 0 fully saturated rings. The maximum atomic E-state index is 3.61. The average molecular weight is 233 g/mol. The summed E-state index contributed by atoms with van der Waals surface area (Å²) in [5.41, 5.74) is 8.26. The van der Waals surface area contributed by atoms with Crippen LogP contribution in [0.3, 0.4) is 0 Å². The Morgan fingerprint density at radius 1 is 1.00 bits per heavy atom. The zero-order valence-corrected chi connectivity index (χ0v) is 10.5. The second-order valence-corrected chi connectivity index (χ2v) is 5.18. The van der Waals surface area contributed by atoms with Gasteiger partial charge < -0.3 is 4.98 Å². The van der Waals surface area contributed by atoms with Gasteiger partial charge in [-0.3, -0.25) is 0 Å². The van der Waals surface area contributed by atoms with Gasteiger partial charge in [-0.2, -0.15) is 0 Å². The maximum Gasteiger partial charge on any atom is 0.0500 e. The average Bonchev–Trinajstić information content (AvgIpc) is 2.76. The first kappa shape index (κ1) is 9.95. The minimum Gasteiger partial charge on any atom is -0.354 e. The van der Waals surface area contributed by atoms with E-state index in [2.05, 4.69) is 54.4 Å². The van der Waals surface area contributed by atoms with Crippen LogP contribution >= 0.6 is 0 Å². The van der Waals surface area contributed by atoms with Crippen LogP contribution in [0.1, 0.15) is 16.7 Å². The van der Waals surface area contributed by atoms with Crippen LogP contribution in [-0.4, -0.2) is 4.98 Å². The van der Waals surface area contributed by atoms with E-state index >= 15 is 0 Å². The van der Waals surface area contributed by atoms with E-state index in [4.69, 9.17) is 0 Å². The molecule has 0 amide bonds. The topological polar surface area (TPSA) is 15.8 Å². The number of hydrogen-bond donors (Lipinski definition) is 1. The Morgan fingerprint density at radius 3 is 2.83 bits per heavy atom. The molecule has 2 aromatic carbocycles. The lowest BCUT2D eigenvalue weighted by molar-refractivity contribution is 0.948. The molecule has 1 aliphatic carbocycles. The van der Waals surface area contributed by atoms with Gasteiger partial charge in [-0.25, -0.2) is 0 Å². The van der Waals surface area contributed by atoms with E-state index in [1.165, 1.54) is 38.9 Å². The second-order valence-electron chi connectivity index (χ2n) is 5.18. The Morgan fingerprint density at radius 2 is 1.89 bits per heavy atom. The largest absolute Gasteiger partial charge is 0.354 e. The molecule has 0 saturated carbocycles. The van der Waals surface area contributed by atoms with Crippen molar-refractivity contribution < 1.29 is 0 Å². The van der Waals surface area contributed by atoms with E-state index in [1.54, 1.807) is 0 Å². The Balaban J connectivity index is 2.08. The zero-order chi connectivity index (χ0) is 12.1. The van der Waals surface area contributed by atoms with E-state index in [0.29, 0.717) is 0 Å². The number of fused-ring (bicyclic) bond motifs is 5. The monoisotopic (exact) mass is 233 g/mol. The molecule has 3 aromatic rings. The van der Waals surface area contributed by atoms with Crippen molar-refractivity contribution in [1.82, 2.24) is 4.98 Å². The van der Waals surface area contributed by atoms with Crippen molar-refractivity contribution in [3.8, 4) is 11.3 Å². The summed E-state index contributed by atoms with van der Waals surface area (Å²) in [5.74, 6) is 0. The molecular formula is C17H15N. The molecule has 0 saturated heterocycles. The van der Waals surface area contributed by atoms with Gasteiger partial charge in [-0.15, -0.1) is 0 Å². The number of benzene rings is 2. The molecule has 0 radical (unpaired) electrons. The molecule has 18 heavy (non-hydrogen) atoms. The predicted octanol–water partition coefficient (Wildman–Crippen LogP) is 4.24. The molecule has 1 nitrogen and oxygen atoms in total. The van der Waals surface area contributed by atoms with Crippen molar-refractivity contribution in [2.75, 3.05) is 0 Å². The van der Waals surface area contributed by atoms with Gasteiger partial charge >= 0.3 is 0 Å². The lowest BCUT2D eigenvalue weighted by Gasteiger charge is -2.16. The van der Waals surface area contributed by atoms with E-state index in [-0.39, 0.29) is 0 Å². The number of aromatic amines is 1. The molecule has 4 rings (SSSR count). The van der Waals surface area contributed by atoms with Crippen molar-refractivity contribution in [3.63, 3.8) is 0 Å². The second kappa shape index (κ2) is 3.49. The smallest absolute Gasteiger partial charge is 0.0500 e. The van der Waals surface area contributed by atoms with Crippen LogP contribution in [0.15, 0.2) is 42.5 Å². The fraction of sp³-hybridized carbons (Fsp3) is 0.176. The molecule has 0 atom stereocenters. The van der Waals surface area contributed by atoms with Gasteiger partial charge in [0.2, 0.25) is 0 Å². The van der Waals surface area contributed by atoms with Crippen molar-refractivity contribution >= 4 is 10.9 Å². The summed E-state index contributed by atoms with van der Waals surface area (Å²) < 4.78 is 0. The lowest BCUT2D eigenvalue weighted by atomic mass is 9.89. The number of H-pyrrole nitrogens is 1. The minimum absolute atomic E-state index is 1.15. The molecule has 1 aromatic heterocycles. The van der Waals surface area contributed by atoms with Crippen LogP contribution < -0.4 is 0 Å². The van der Waals surface area contributed by atoms with Crippen LogP contribution in [0.5, 0.6) is 0 Å². The third-order valence-electron chi connectivity index (χ3n) is 3.99. The molecule has 1 N–H and O–H groups in total. The fourth-order valence-corrected chi connectivity index (χ4v) is 3.10. The van der Waals surface area contributed by atoms with Crippen LogP contribution in [0.4, 0.5) is 0 Å². The van der Waals surface area contributed by atoms with Crippen molar-refractivity contribution in [1.29, 1.82) is 0 Å². The van der Waals surface area contributed by atoms with E-state index < -0.39 is 0 Å². The molecule has 0 spiro atoms. The molecule has 88 valence electrons. The number of rotatable bonds is 0. The van der Waals surface area contributed by atoms with Crippen molar-refractivity contribution in [3.05, 3.63) is 59.2 Å². The Hall–Kier alpha value is -2.02. The molecule has 1 aliphatic rings. The summed E-state index contributed by atoms with van der Waals surface area (Å²) in [4.78, 5) is 3.61. The molecule has 1 heterocycles. The van der Waals surface area contributed by atoms with E-state index in [9.17, 15) is 0 Å². The van der Waals surface area contributed by atoms with Crippen molar-refractivity contribution in [2.24, 2.45) is 0 Å². The quantitative estimate of drug-likeness (QED) is 0.597. The van der Waals surface area contributed by atoms with Crippen LogP contribution in [0, 0.1) is 6.92 Å². The summed E-state index contributed by atoms with van der Waals surface area (Å²) in [7, 11) is 0. The van der Waals surface area contributed by atoms with Crippen LogP contribution in [0.2, 0.25) is 0 Å². The van der Waals surface area contributed by atoms with Gasteiger partial charge in [0.1, 0.15) is 0 Å². The third-order valence-corrected chi connectivity index (χ3v) is 3.99. The number of nitrogens with one attached hydrogen (secondary N) is 1. The summed E-state index contributed by atoms with van der Waals surface area (Å²) in [6.07, 6.45) is 2.30. The van der Waals surface area contributed by atoms with Crippen molar-refractivity contribution in [2.45, 2.75) is 19.8 Å². The van der Waals surface area contributed by atoms with Crippen LogP contribution in [0.25, 0.3) is 22.2 Å². The summed E-state index contributed by atoms with van der Waals surface area (Å²) in [5, 5.41) is 1.39. The molecule has 0 bridgehead atoms. The van der Waals surface area contributed by atoms with Gasteiger partial charge in [-0.1, -0.05) is 36.4 Å². The van der Waals surface area contributed by atoms with Gasteiger partial charge in [-0.05, 0) is 42.5 Å². The Kier molecular flexibility index (Phi) is 1.93. The molecule has 0 unspecified atom stereocenters. The molecule has 1 heteroatoms. The number of hydrogen-bond acceptors (Lipinski definition) is 0. The van der Waals surface area contributed by atoms with Gasteiger partial charge in [0.05, 0.1) is 0 Å². The zero-order valence-electron chi connectivity index (χ0n) is 10.5. The van der Waals surface area contributed by atoms with Gasteiger partial charge in [0, 0.05) is 22.2 Å². The summed E-state index contributed by atoms with van der Waals surface area (Å²) >= 11 is 0. The first-order valence-corrected chi connectivity index (χ1v) is 6.52. The van der Waals surface area contributed by atoms with E-state index in [0.717, 1.165) is 12.8 Å². The Labute approximate surface area is 106 Å². The van der Waals surface area contributed by atoms with Crippen LogP contribution in [-0.2, 0) is 12.8 Å². The highest BCUT2D eigenvalue weighted by Gasteiger charge is 2.19. The summed E-state index contributed by atoms with van der Waals surface area (Å²) in [6.45, 7) is 2.15. The minimum atomic E-state index is 1.15. The SMILES string of the molecule is Cc1ccc2c3c([nH]c2c1)-c1ccccc1CC3. The first-order valence-electron chi connectivity index (χ1n) is 6.52. The standard InChI is InChI=1S/C17H15N/c1-11-6-8-14-15-9-7-12-4-2-3-5-13(12)17(15)18-16(14)10-11/h2-6,8,10,18H,7,9H2,1H3. The first-order chi connectivity index (χ1) is 8.83. The number of aryl methyl sites for hydroxylation is 3. The maximum absolute atomic E-state index is 3.61. The normalized spacial score (nSPS) is 13.4. The summed E-state index contributed by atoms with van der Waals surface area (Å²) in [6, 6.07) is 15.5. The highest BCUT2D eigenvalue weighted by atomic mass is 14.7. The molecule has 0 aliphatic heterocycles. The Bertz CT molecular complexity index is 749. The number of aromatic nitrogens is 1. The molecular weight excluding hydrogens is 218 g/mol. The highest BCUT2D eigenvalue weighted by molar-refractivity contribution is 5.92.